The summed E-state index contributed by atoms with van der Waals surface area (Å²) in [7, 11) is 2.58. The average molecular weight is 441 g/mol. The molecule has 9 heteroatoms. The predicted octanol–water partition coefficient (Wildman–Crippen LogP) is 4.80. The highest BCUT2D eigenvalue weighted by molar-refractivity contribution is 6.03. The molecule has 3 aromatic rings. The minimum absolute atomic E-state index is 0.0167. The highest BCUT2D eigenvalue weighted by Gasteiger charge is 2.31. The molecule has 1 aliphatic rings. The van der Waals surface area contributed by atoms with Gasteiger partial charge in [-0.05, 0) is 54.0 Å². The highest BCUT2D eigenvalue weighted by atomic mass is 19.1. The molecule has 0 bridgehead atoms. The number of aryl methyl sites for hydroxylation is 2. The molecule has 2 aromatic heterocycles. The molecule has 0 unspecified atom stereocenters. The summed E-state index contributed by atoms with van der Waals surface area (Å²) in [6.07, 6.45) is 1.10. The molecule has 168 valence electrons. The zero-order chi connectivity index (χ0) is 23.0. The van der Waals surface area contributed by atoms with Crippen LogP contribution in [0.3, 0.4) is 0 Å². The quantitative estimate of drug-likeness (QED) is 0.549. The predicted molar refractivity (Wildman–Crippen MR) is 114 cm³/mol. The first-order chi connectivity index (χ1) is 15.2. The van der Waals surface area contributed by atoms with Crippen molar-refractivity contribution < 1.29 is 27.8 Å². The van der Waals surface area contributed by atoms with Gasteiger partial charge in [-0.15, -0.1) is 0 Å². The fourth-order valence-electron chi connectivity index (χ4n) is 3.86. The van der Waals surface area contributed by atoms with Gasteiger partial charge in [-0.1, -0.05) is 19.9 Å². The van der Waals surface area contributed by atoms with Gasteiger partial charge in [0.15, 0.2) is 11.4 Å². The number of benzene rings is 1. The van der Waals surface area contributed by atoms with Gasteiger partial charge in [0.2, 0.25) is 11.8 Å². The highest BCUT2D eigenvalue weighted by Crippen LogP contribution is 2.42. The summed E-state index contributed by atoms with van der Waals surface area (Å²) < 4.78 is 35.0. The van der Waals surface area contributed by atoms with Gasteiger partial charge < -0.3 is 23.9 Å². The Labute approximate surface area is 184 Å². The number of rotatable bonds is 6. The number of hydrogen-bond acceptors (Lipinski definition) is 7. The van der Waals surface area contributed by atoms with E-state index in [1.54, 1.807) is 6.07 Å². The van der Waals surface area contributed by atoms with E-state index in [-0.39, 0.29) is 34.6 Å². The first-order valence-electron chi connectivity index (χ1n) is 10.1. The van der Waals surface area contributed by atoms with E-state index in [2.05, 4.69) is 35.2 Å². The Hall–Kier alpha value is -3.62. The SMILES string of the molecule is COc1nc([19F])nc(OC)c1NC(=O)c1ccc(Oc2cc3c(cc2C)CCC3(C)C)o1. The van der Waals surface area contributed by atoms with Crippen LogP contribution in [0.2, 0.25) is 0 Å². The molecule has 1 aromatic carbocycles. The molecule has 8 nitrogen and oxygen atoms in total. The van der Waals surface area contributed by atoms with Crippen molar-refractivity contribution in [3.8, 4) is 23.5 Å². The van der Waals surface area contributed by atoms with Crippen molar-refractivity contribution >= 4 is 11.6 Å². The van der Waals surface area contributed by atoms with Crippen LogP contribution in [0.25, 0.3) is 0 Å². The molecule has 1 amide bonds. The first-order valence-corrected chi connectivity index (χ1v) is 10.1. The van der Waals surface area contributed by atoms with Crippen molar-refractivity contribution in [2.24, 2.45) is 0 Å². The number of aromatic nitrogens is 2. The van der Waals surface area contributed by atoms with E-state index < -0.39 is 12.0 Å². The van der Waals surface area contributed by atoms with Crippen LogP contribution in [0.4, 0.5) is 10.1 Å². The molecule has 32 heavy (non-hydrogen) atoms. The van der Waals surface area contributed by atoms with Crippen molar-refractivity contribution in [3.63, 3.8) is 0 Å². The van der Waals surface area contributed by atoms with E-state index in [1.165, 1.54) is 31.4 Å². The van der Waals surface area contributed by atoms with Crippen molar-refractivity contribution in [2.75, 3.05) is 19.5 Å². The summed E-state index contributed by atoms with van der Waals surface area (Å²) in [6, 6.07) is 7.22. The van der Waals surface area contributed by atoms with E-state index in [4.69, 9.17) is 18.6 Å². The van der Waals surface area contributed by atoms with Crippen LogP contribution in [-0.4, -0.2) is 30.1 Å². The summed E-state index contributed by atoms with van der Waals surface area (Å²) in [5, 5.41) is 2.53. The number of nitrogens with zero attached hydrogens (tertiary/aromatic N) is 2. The molecule has 0 saturated heterocycles. The van der Waals surface area contributed by atoms with Crippen LogP contribution < -0.4 is 19.5 Å². The molecular formula is C23H24FN3O5. The zero-order valence-corrected chi connectivity index (χ0v) is 18.5. The molecule has 0 radical (unpaired) electrons. The Balaban J connectivity index is 1.55. The van der Waals surface area contributed by atoms with E-state index >= 15 is 0 Å². The van der Waals surface area contributed by atoms with Gasteiger partial charge in [0.1, 0.15) is 5.75 Å². The standard InChI is InChI=1S/C23H24FN3O5/c1-12-10-13-8-9-23(2,3)14(13)11-16(12)32-17-7-6-15(31-17)19(28)25-18-20(29-4)26-22(24)27-21(18)30-5/h6-7,10-11H,8-9H2,1-5H3,(H,25,28)/i24+0. The van der Waals surface area contributed by atoms with Gasteiger partial charge >= 0.3 is 6.08 Å². The third kappa shape index (κ3) is 3.98. The van der Waals surface area contributed by atoms with Gasteiger partial charge in [0.25, 0.3) is 11.9 Å². The Morgan fingerprint density at radius 3 is 2.50 bits per heavy atom. The lowest BCUT2D eigenvalue weighted by Gasteiger charge is -2.20. The number of methoxy groups -OCH3 is 2. The number of fused-ring (bicyclic) bond motifs is 1. The number of nitrogens with one attached hydrogen (secondary N) is 1. The number of hydrogen-bond donors (Lipinski definition) is 1. The van der Waals surface area contributed by atoms with Gasteiger partial charge in [-0.25, -0.2) is 0 Å². The fourth-order valence-corrected chi connectivity index (χ4v) is 3.86. The second kappa shape index (κ2) is 8.14. The maximum Gasteiger partial charge on any atom is 0.315 e. The van der Waals surface area contributed by atoms with Gasteiger partial charge in [0, 0.05) is 6.07 Å². The monoisotopic (exact) mass is 441 g/mol. The lowest BCUT2D eigenvalue weighted by molar-refractivity contribution is 0.0990. The molecule has 0 fully saturated rings. The summed E-state index contributed by atoms with van der Waals surface area (Å²) in [4.78, 5) is 19.7. The molecule has 0 atom stereocenters. The fraction of sp³-hybridized carbons (Fsp3) is 0.348. The molecule has 2 heterocycles. The lowest BCUT2D eigenvalue weighted by atomic mass is 9.86. The van der Waals surface area contributed by atoms with Crippen LogP contribution in [-0.2, 0) is 11.8 Å². The minimum Gasteiger partial charge on any atom is -0.479 e. The van der Waals surface area contributed by atoms with E-state index in [1.807, 2.05) is 13.0 Å². The number of carbonyl (C=O) groups is 1. The molecule has 1 N–H and O–H groups in total. The topological polar surface area (TPSA) is 95.7 Å². The van der Waals surface area contributed by atoms with Crippen molar-refractivity contribution in [1.82, 2.24) is 9.97 Å². The molecule has 1 aliphatic carbocycles. The van der Waals surface area contributed by atoms with E-state index in [0.29, 0.717) is 5.75 Å². The Bertz CT molecular complexity index is 1160. The van der Waals surface area contributed by atoms with Gasteiger partial charge in [-0.3, -0.25) is 4.79 Å². The van der Waals surface area contributed by atoms with Crippen LogP contribution in [0.5, 0.6) is 23.5 Å². The lowest BCUT2D eigenvalue weighted by Crippen LogP contribution is -2.14. The maximum absolute atomic E-state index is 13.5. The minimum atomic E-state index is -1.04. The Morgan fingerprint density at radius 2 is 1.84 bits per heavy atom. The van der Waals surface area contributed by atoms with Crippen LogP contribution in [0.15, 0.2) is 28.7 Å². The second-order valence-corrected chi connectivity index (χ2v) is 8.22. The maximum atomic E-state index is 13.5. The summed E-state index contributed by atoms with van der Waals surface area (Å²) in [5.41, 5.74) is 3.66. The molecule has 4 rings (SSSR count). The number of furan rings is 1. The van der Waals surface area contributed by atoms with Crippen molar-refractivity contribution in [1.29, 1.82) is 0 Å². The van der Waals surface area contributed by atoms with Crippen LogP contribution >= 0.6 is 0 Å². The summed E-state index contributed by atoms with van der Waals surface area (Å²) in [6.45, 7) is 6.41. The van der Waals surface area contributed by atoms with Crippen molar-refractivity contribution in [3.05, 3.63) is 52.8 Å². The third-order valence-corrected chi connectivity index (χ3v) is 5.61. The Kier molecular flexibility index (Phi) is 5.50. The summed E-state index contributed by atoms with van der Waals surface area (Å²) >= 11 is 0. The average Bonchev–Trinajstić information content (AvgIpc) is 3.33. The molecule has 0 saturated carbocycles. The largest absolute Gasteiger partial charge is 0.479 e. The van der Waals surface area contributed by atoms with E-state index in [0.717, 1.165) is 18.4 Å². The zero-order valence-electron chi connectivity index (χ0n) is 18.5. The van der Waals surface area contributed by atoms with Crippen molar-refractivity contribution in [2.45, 2.75) is 39.0 Å². The van der Waals surface area contributed by atoms with Crippen LogP contribution in [0, 0.1) is 13.0 Å². The number of ether oxygens (including phenoxy) is 3. The molecule has 0 aliphatic heterocycles. The number of amides is 1. The van der Waals surface area contributed by atoms with Gasteiger partial charge in [0.05, 0.1) is 14.2 Å². The molecular weight excluding hydrogens is 417 g/mol. The summed E-state index contributed by atoms with van der Waals surface area (Å²) in [5.74, 6) is -0.158. The number of carbonyl (C=O) groups excluding carboxylic acids is 1. The van der Waals surface area contributed by atoms with E-state index in [9.17, 15) is 9.18 Å². The number of anilines is 1. The van der Waals surface area contributed by atoms with Crippen LogP contribution in [0.1, 0.15) is 47.5 Å². The normalized spacial score (nSPS) is 14.1. The smallest absolute Gasteiger partial charge is 0.315 e. The number of halogens is 1. The third-order valence-electron chi connectivity index (χ3n) is 5.61. The first kappa shape index (κ1) is 21.6. The second-order valence-electron chi connectivity index (χ2n) is 8.22. The molecule has 0 spiro atoms. The van der Waals surface area contributed by atoms with Gasteiger partial charge in [-0.2, -0.15) is 14.4 Å². The Morgan fingerprint density at radius 1 is 1.16 bits per heavy atom.